The monoisotopic (exact) mass is 514 g/mol. The fourth-order valence-corrected chi connectivity index (χ4v) is 4.50. The Morgan fingerprint density at radius 1 is 1.03 bits per heavy atom. The third-order valence-electron chi connectivity index (χ3n) is 6.40. The molecule has 1 aliphatic heterocycles. The van der Waals surface area contributed by atoms with Crippen molar-refractivity contribution in [2.24, 2.45) is 0 Å². The number of fused-ring (bicyclic) bond motifs is 2. The van der Waals surface area contributed by atoms with Crippen LogP contribution < -0.4 is 19.8 Å². The van der Waals surface area contributed by atoms with Gasteiger partial charge in [0.2, 0.25) is 0 Å². The third-order valence-corrected chi connectivity index (χ3v) is 6.40. The number of nitrogens with one attached hydrogen (secondary N) is 1. The summed E-state index contributed by atoms with van der Waals surface area (Å²) in [6.45, 7) is 2.72. The second-order valence-corrected chi connectivity index (χ2v) is 9.03. The van der Waals surface area contributed by atoms with E-state index in [1.165, 1.54) is 0 Å². The molecular weight excluding hydrogens is 488 g/mol. The number of hydrogen-bond acceptors (Lipinski definition) is 9. The van der Waals surface area contributed by atoms with Gasteiger partial charge >= 0.3 is 0 Å². The van der Waals surface area contributed by atoms with Gasteiger partial charge in [0, 0.05) is 23.6 Å². The van der Waals surface area contributed by atoms with Gasteiger partial charge in [0.05, 0.1) is 38.5 Å². The van der Waals surface area contributed by atoms with Gasteiger partial charge in [-0.25, -0.2) is 4.68 Å². The quantitative estimate of drug-likeness (QED) is 0.316. The highest BCUT2D eigenvalue weighted by molar-refractivity contribution is 5.83. The number of tetrazole rings is 1. The van der Waals surface area contributed by atoms with E-state index < -0.39 is 0 Å². The number of aromatic nitrogens is 5. The smallest absolute Gasteiger partial charge is 0.252 e. The lowest BCUT2D eigenvalue weighted by atomic mass is 10.1. The summed E-state index contributed by atoms with van der Waals surface area (Å²) in [5.41, 5.74) is 2.17. The molecule has 2 aromatic carbocycles. The van der Waals surface area contributed by atoms with Crippen LogP contribution in [-0.4, -0.2) is 50.4 Å². The Labute approximate surface area is 217 Å². The largest absolute Gasteiger partial charge is 0.497 e. The Morgan fingerprint density at radius 2 is 1.84 bits per heavy atom. The first kappa shape index (κ1) is 23.7. The van der Waals surface area contributed by atoms with Crippen molar-refractivity contribution >= 4 is 10.9 Å². The number of pyridine rings is 1. The molecule has 0 spiro atoms. The lowest BCUT2D eigenvalue weighted by molar-refractivity contribution is 0.172. The molecule has 6 rings (SSSR count). The van der Waals surface area contributed by atoms with Gasteiger partial charge in [-0.1, -0.05) is 12.1 Å². The summed E-state index contributed by atoms with van der Waals surface area (Å²) in [6, 6.07) is 17.1. The summed E-state index contributed by atoms with van der Waals surface area (Å²) in [5, 5.41) is 13.2. The fourth-order valence-electron chi connectivity index (χ4n) is 4.50. The van der Waals surface area contributed by atoms with E-state index in [1.807, 2.05) is 54.6 Å². The van der Waals surface area contributed by atoms with Gasteiger partial charge in [0.1, 0.15) is 24.7 Å². The molecule has 11 heteroatoms. The summed E-state index contributed by atoms with van der Waals surface area (Å²) >= 11 is 0. The number of benzene rings is 2. The first-order valence-corrected chi connectivity index (χ1v) is 12.2. The third kappa shape index (κ3) is 5.09. The zero-order valence-electron chi connectivity index (χ0n) is 20.8. The van der Waals surface area contributed by atoms with Crippen molar-refractivity contribution in [1.82, 2.24) is 30.1 Å². The Morgan fingerprint density at radius 3 is 2.61 bits per heavy atom. The predicted molar refractivity (Wildman–Crippen MR) is 137 cm³/mol. The molecule has 0 unspecified atom stereocenters. The second kappa shape index (κ2) is 10.4. The van der Waals surface area contributed by atoms with E-state index in [1.54, 1.807) is 18.1 Å². The zero-order chi connectivity index (χ0) is 25.9. The number of rotatable bonds is 9. The van der Waals surface area contributed by atoms with Crippen molar-refractivity contribution in [3.63, 3.8) is 0 Å². The van der Waals surface area contributed by atoms with Crippen LogP contribution in [0.5, 0.6) is 17.2 Å². The van der Waals surface area contributed by atoms with Gasteiger partial charge < -0.3 is 23.6 Å². The van der Waals surface area contributed by atoms with E-state index in [-0.39, 0.29) is 5.56 Å². The Kier molecular flexibility index (Phi) is 6.49. The first-order valence-electron chi connectivity index (χ1n) is 12.2. The summed E-state index contributed by atoms with van der Waals surface area (Å²) in [4.78, 5) is 18.1. The van der Waals surface area contributed by atoms with E-state index in [4.69, 9.17) is 18.6 Å². The number of nitrogens with zero attached hydrogens (tertiary/aromatic N) is 5. The Balaban J connectivity index is 1.27. The first-order chi connectivity index (χ1) is 18.6. The molecule has 0 atom stereocenters. The van der Waals surface area contributed by atoms with Crippen molar-refractivity contribution < 1.29 is 18.6 Å². The van der Waals surface area contributed by atoms with E-state index >= 15 is 0 Å². The minimum atomic E-state index is -0.170. The molecule has 0 saturated heterocycles. The molecule has 0 saturated carbocycles. The molecule has 11 nitrogen and oxygen atoms in total. The minimum Gasteiger partial charge on any atom is -0.497 e. The van der Waals surface area contributed by atoms with Crippen LogP contribution in [0.15, 0.2) is 70.1 Å². The molecular formula is C27H26N6O5. The number of H-pyrrole nitrogens is 1. The number of ether oxygens (including phenoxy) is 3. The van der Waals surface area contributed by atoms with Crippen LogP contribution in [0.25, 0.3) is 10.9 Å². The number of aromatic amines is 1. The molecule has 0 amide bonds. The van der Waals surface area contributed by atoms with Crippen molar-refractivity contribution in [3.05, 3.63) is 93.9 Å². The van der Waals surface area contributed by atoms with Crippen LogP contribution in [-0.2, 0) is 26.2 Å². The molecule has 0 aliphatic carbocycles. The van der Waals surface area contributed by atoms with Crippen LogP contribution in [0.1, 0.15) is 22.7 Å². The highest BCUT2D eigenvalue weighted by Crippen LogP contribution is 2.33. The molecule has 1 aliphatic rings. The van der Waals surface area contributed by atoms with E-state index in [9.17, 15) is 4.79 Å². The summed E-state index contributed by atoms with van der Waals surface area (Å²) in [7, 11) is 1.64. The SMILES string of the molecule is COc1ccc(Cn2nnnc2CN(Cc2ccco2)Cc2cc3cc4c(cc3[nH]c2=O)OCCO4)cc1. The summed E-state index contributed by atoms with van der Waals surface area (Å²) < 4.78 is 24.0. The number of hydrogen-bond donors (Lipinski definition) is 1. The molecule has 4 heterocycles. The molecule has 3 aromatic heterocycles. The Hall–Kier alpha value is -4.64. The molecule has 1 N–H and O–H groups in total. The van der Waals surface area contributed by atoms with E-state index in [2.05, 4.69) is 25.4 Å². The van der Waals surface area contributed by atoms with Crippen LogP contribution in [0, 0.1) is 0 Å². The lowest BCUT2D eigenvalue weighted by Crippen LogP contribution is -2.28. The average molecular weight is 515 g/mol. The normalized spacial score (nSPS) is 12.8. The van der Waals surface area contributed by atoms with Crippen LogP contribution in [0.4, 0.5) is 0 Å². The standard InChI is InChI=1S/C27H26N6O5/c1-35-21-6-4-18(5-7-21)14-33-26(29-30-31-33)17-32(16-22-3-2-8-36-22)15-20-11-19-12-24-25(38-10-9-37-24)13-23(19)28-27(20)34/h2-8,11-13H,9-10,14-17H2,1H3,(H,28,34). The summed E-state index contributed by atoms with van der Waals surface area (Å²) in [6.07, 6.45) is 1.63. The van der Waals surface area contributed by atoms with Crippen LogP contribution in [0.2, 0.25) is 0 Å². The fraction of sp³-hybridized carbons (Fsp3) is 0.259. The molecule has 194 valence electrons. The van der Waals surface area contributed by atoms with Gasteiger partial charge in [-0.3, -0.25) is 9.69 Å². The topological polar surface area (TPSA) is 121 Å². The van der Waals surface area contributed by atoms with Crippen molar-refractivity contribution in [2.45, 2.75) is 26.2 Å². The van der Waals surface area contributed by atoms with Gasteiger partial charge in [0.15, 0.2) is 17.3 Å². The van der Waals surface area contributed by atoms with Gasteiger partial charge in [-0.05, 0) is 52.4 Å². The predicted octanol–water partition coefficient (Wildman–Crippen LogP) is 3.14. The average Bonchev–Trinajstić information content (AvgIpc) is 3.61. The van der Waals surface area contributed by atoms with Gasteiger partial charge in [0.25, 0.3) is 5.56 Å². The maximum absolute atomic E-state index is 13.1. The highest BCUT2D eigenvalue weighted by Gasteiger charge is 2.18. The van der Waals surface area contributed by atoms with Crippen molar-refractivity contribution in [2.75, 3.05) is 20.3 Å². The molecule has 0 radical (unpaired) electrons. The Bertz CT molecular complexity index is 1590. The lowest BCUT2D eigenvalue weighted by Gasteiger charge is -2.21. The second-order valence-electron chi connectivity index (χ2n) is 9.03. The summed E-state index contributed by atoms with van der Waals surface area (Å²) in [5.74, 6) is 3.54. The molecule has 0 bridgehead atoms. The number of methoxy groups -OCH3 is 1. The van der Waals surface area contributed by atoms with Crippen molar-refractivity contribution in [3.8, 4) is 17.2 Å². The number of furan rings is 1. The minimum absolute atomic E-state index is 0.170. The maximum atomic E-state index is 13.1. The van der Waals surface area contributed by atoms with Crippen molar-refractivity contribution in [1.29, 1.82) is 0 Å². The van der Waals surface area contributed by atoms with Crippen LogP contribution >= 0.6 is 0 Å². The van der Waals surface area contributed by atoms with Crippen LogP contribution in [0.3, 0.4) is 0 Å². The zero-order valence-corrected chi connectivity index (χ0v) is 20.8. The molecule has 38 heavy (non-hydrogen) atoms. The van der Waals surface area contributed by atoms with Gasteiger partial charge in [-0.15, -0.1) is 5.10 Å². The highest BCUT2D eigenvalue weighted by atomic mass is 16.6. The van der Waals surface area contributed by atoms with Gasteiger partial charge in [-0.2, -0.15) is 0 Å². The van der Waals surface area contributed by atoms with E-state index in [0.717, 1.165) is 22.5 Å². The maximum Gasteiger partial charge on any atom is 0.252 e. The molecule has 5 aromatic rings. The van der Waals surface area contributed by atoms with E-state index in [0.29, 0.717) is 67.8 Å². The molecule has 0 fully saturated rings.